The van der Waals surface area contributed by atoms with Gasteiger partial charge in [-0.2, -0.15) is 4.98 Å². The second-order valence-corrected chi connectivity index (χ2v) is 5.23. The summed E-state index contributed by atoms with van der Waals surface area (Å²) in [5, 5.41) is 14.3. The Hall–Kier alpha value is -1.69. The van der Waals surface area contributed by atoms with Gasteiger partial charge in [-0.1, -0.05) is 24.4 Å². The molecule has 1 aliphatic rings. The Morgan fingerprint density at radius 3 is 2.74 bits per heavy atom. The van der Waals surface area contributed by atoms with Gasteiger partial charge in [0.2, 0.25) is 11.7 Å². The minimum atomic E-state index is -0.693. The molecule has 0 bridgehead atoms. The predicted octanol–water partition coefficient (Wildman–Crippen LogP) is 2.27. The first-order valence-corrected chi connectivity index (χ1v) is 6.62. The summed E-state index contributed by atoms with van der Waals surface area (Å²) in [5.74, 6) is 1.43. The van der Waals surface area contributed by atoms with Crippen molar-refractivity contribution in [1.82, 2.24) is 15.1 Å². The van der Waals surface area contributed by atoms with Crippen molar-refractivity contribution in [3.05, 3.63) is 18.0 Å². The van der Waals surface area contributed by atoms with Crippen LogP contribution in [0.1, 0.15) is 43.9 Å². The number of aliphatic hydroxyl groups is 1. The molecule has 0 aliphatic heterocycles. The lowest BCUT2D eigenvalue weighted by atomic mass is 9.82. The molecule has 0 unspecified atom stereocenters. The maximum atomic E-state index is 10.4. The fourth-order valence-corrected chi connectivity index (χ4v) is 2.56. The maximum absolute atomic E-state index is 10.4. The Morgan fingerprint density at radius 1 is 1.26 bits per heavy atom. The van der Waals surface area contributed by atoms with Gasteiger partial charge in [-0.3, -0.25) is 0 Å². The topological polar surface area (TPSA) is 85.2 Å². The van der Waals surface area contributed by atoms with E-state index < -0.39 is 5.60 Å². The molecule has 0 aromatic carbocycles. The third-order valence-electron chi connectivity index (χ3n) is 3.58. The molecule has 2 aromatic rings. The van der Waals surface area contributed by atoms with Crippen LogP contribution in [-0.2, 0) is 6.42 Å². The number of aryl methyl sites for hydroxylation is 1. The SMILES string of the molecule is Cc1nc(-c2noc(CC3(O)CCCCC3)n2)co1. The fourth-order valence-electron chi connectivity index (χ4n) is 2.56. The highest BCUT2D eigenvalue weighted by Gasteiger charge is 2.31. The van der Waals surface area contributed by atoms with Gasteiger partial charge in [0.15, 0.2) is 5.89 Å². The largest absolute Gasteiger partial charge is 0.449 e. The molecule has 0 spiro atoms. The Morgan fingerprint density at radius 2 is 2.05 bits per heavy atom. The fraction of sp³-hybridized carbons (Fsp3) is 0.615. The lowest BCUT2D eigenvalue weighted by molar-refractivity contribution is -0.00181. The van der Waals surface area contributed by atoms with Crippen LogP contribution in [0.15, 0.2) is 15.2 Å². The summed E-state index contributed by atoms with van der Waals surface area (Å²) in [5.41, 5.74) is -0.134. The molecule has 6 nitrogen and oxygen atoms in total. The Balaban J connectivity index is 1.74. The van der Waals surface area contributed by atoms with E-state index in [-0.39, 0.29) is 0 Å². The number of aromatic nitrogens is 3. The van der Waals surface area contributed by atoms with Crippen molar-refractivity contribution in [2.75, 3.05) is 0 Å². The van der Waals surface area contributed by atoms with E-state index in [9.17, 15) is 5.11 Å². The van der Waals surface area contributed by atoms with E-state index in [0.29, 0.717) is 29.7 Å². The van der Waals surface area contributed by atoms with Crippen LogP contribution in [0.4, 0.5) is 0 Å². The summed E-state index contributed by atoms with van der Waals surface area (Å²) >= 11 is 0. The van der Waals surface area contributed by atoms with E-state index in [4.69, 9.17) is 8.94 Å². The number of hydrogen-bond donors (Lipinski definition) is 1. The molecule has 6 heteroatoms. The average Bonchev–Trinajstić information content (AvgIpc) is 2.98. The van der Waals surface area contributed by atoms with Gasteiger partial charge < -0.3 is 14.0 Å². The summed E-state index contributed by atoms with van der Waals surface area (Å²) < 4.78 is 10.3. The Bertz CT molecular complexity index is 555. The average molecular weight is 263 g/mol. The molecule has 0 atom stereocenters. The molecule has 0 amide bonds. The summed E-state index contributed by atoms with van der Waals surface area (Å²) in [6.07, 6.45) is 6.81. The molecule has 3 rings (SSSR count). The van der Waals surface area contributed by atoms with Crippen molar-refractivity contribution in [2.45, 2.75) is 51.0 Å². The van der Waals surface area contributed by atoms with Gasteiger partial charge in [0.25, 0.3) is 0 Å². The number of oxazole rings is 1. The number of hydrogen-bond acceptors (Lipinski definition) is 6. The van der Waals surface area contributed by atoms with E-state index in [1.165, 1.54) is 12.7 Å². The summed E-state index contributed by atoms with van der Waals surface area (Å²) in [6.45, 7) is 1.76. The zero-order valence-electron chi connectivity index (χ0n) is 10.9. The van der Waals surface area contributed by atoms with Crippen LogP contribution in [0.3, 0.4) is 0 Å². The van der Waals surface area contributed by atoms with Gasteiger partial charge in [0, 0.05) is 6.92 Å². The summed E-state index contributed by atoms with van der Waals surface area (Å²) in [4.78, 5) is 8.42. The molecule has 19 heavy (non-hydrogen) atoms. The maximum Gasteiger partial charge on any atom is 0.229 e. The van der Waals surface area contributed by atoms with Gasteiger partial charge in [-0.05, 0) is 12.8 Å². The monoisotopic (exact) mass is 263 g/mol. The third kappa shape index (κ3) is 2.68. The van der Waals surface area contributed by atoms with Gasteiger partial charge in [-0.15, -0.1) is 0 Å². The lowest BCUT2D eigenvalue weighted by Crippen LogP contribution is -2.33. The molecular weight excluding hydrogens is 246 g/mol. The molecule has 2 aromatic heterocycles. The van der Waals surface area contributed by atoms with Crippen LogP contribution < -0.4 is 0 Å². The van der Waals surface area contributed by atoms with E-state index in [2.05, 4.69) is 15.1 Å². The number of rotatable bonds is 3. The number of nitrogens with zero attached hydrogens (tertiary/aromatic N) is 3. The molecule has 1 N–H and O–H groups in total. The highest BCUT2D eigenvalue weighted by atomic mass is 16.5. The van der Waals surface area contributed by atoms with Crippen LogP contribution in [0, 0.1) is 6.92 Å². The van der Waals surface area contributed by atoms with Crippen LogP contribution in [0.2, 0.25) is 0 Å². The molecular formula is C13H17N3O3. The zero-order chi connectivity index (χ0) is 13.3. The molecule has 2 heterocycles. The van der Waals surface area contributed by atoms with Gasteiger partial charge in [0.05, 0.1) is 12.0 Å². The summed E-state index contributed by atoms with van der Waals surface area (Å²) in [6, 6.07) is 0. The lowest BCUT2D eigenvalue weighted by Gasteiger charge is -2.30. The van der Waals surface area contributed by atoms with Gasteiger partial charge in [0.1, 0.15) is 12.0 Å². The zero-order valence-corrected chi connectivity index (χ0v) is 10.9. The third-order valence-corrected chi connectivity index (χ3v) is 3.58. The molecule has 1 fully saturated rings. The van der Waals surface area contributed by atoms with Gasteiger partial charge >= 0.3 is 0 Å². The first kappa shape index (κ1) is 12.3. The molecule has 0 saturated heterocycles. The molecule has 102 valence electrons. The van der Waals surface area contributed by atoms with E-state index in [0.717, 1.165) is 25.7 Å². The van der Waals surface area contributed by atoms with Crippen molar-refractivity contribution in [3.63, 3.8) is 0 Å². The van der Waals surface area contributed by atoms with E-state index >= 15 is 0 Å². The van der Waals surface area contributed by atoms with Gasteiger partial charge in [-0.25, -0.2) is 4.98 Å². The minimum Gasteiger partial charge on any atom is -0.449 e. The van der Waals surface area contributed by atoms with E-state index in [1.54, 1.807) is 6.92 Å². The van der Waals surface area contributed by atoms with Crippen molar-refractivity contribution in [2.24, 2.45) is 0 Å². The minimum absolute atomic E-state index is 0.409. The quantitative estimate of drug-likeness (QED) is 0.914. The highest BCUT2D eigenvalue weighted by molar-refractivity contribution is 5.45. The highest BCUT2D eigenvalue weighted by Crippen LogP contribution is 2.31. The Kier molecular flexibility index (Phi) is 3.10. The predicted molar refractivity (Wildman–Crippen MR) is 66.3 cm³/mol. The first-order chi connectivity index (χ1) is 9.15. The van der Waals surface area contributed by atoms with Crippen LogP contribution in [-0.4, -0.2) is 25.8 Å². The summed E-state index contributed by atoms with van der Waals surface area (Å²) in [7, 11) is 0. The molecule has 1 aliphatic carbocycles. The van der Waals surface area contributed by atoms with Crippen molar-refractivity contribution >= 4 is 0 Å². The first-order valence-electron chi connectivity index (χ1n) is 6.62. The molecule has 0 radical (unpaired) electrons. The Labute approximate surface area is 110 Å². The molecule has 1 saturated carbocycles. The van der Waals surface area contributed by atoms with E-state index in [1.807, 2.05) is 0 Å². The van der Waals surface area contributed by atoms with Crippen molar-refractivity contribution < 1.29 is 14.0 Å². The standard InChI is InChI=1S/C13H17N3O3/c1-9-14-10(8-18-9)12-15-11(19-16-12)7-13(17)5-3-2-4-6-13/h8,17H,2-7H2,1H3. The second kappa shape index (κ2) is 4.77. The normalized spacial score (nSPS) is 18.6. The van der Waals surface area contributed by atoms with Crippen molar-refractivity contribution in [1.29, 1.82) is 0 Å². The van der Waals surface area contributed by atoms with Crippen molar-refractivity contribution in [3.8, 4) is 11.5 Å². The van der Waals surface area contributed by atoms with Crippen LogP contribution in [0.5, 0.6) is 0 Å². The van der Waals surface area contributed by atoms with Crippen LogP contribution in [0.25, 0.3) is 11.5 Å². The smallest absolute Gasteiger partial charge is 0.229 e. The second-order valence-electron chi connectivity index (χ2n) is 5.23. The van der Waals surface area contributed by atoms with Crippen LogP contribution >= 0.6 is 0 Å².